The lowest BCUT2D eigenvalue weighted by Gasteiger charge is -2.11. The van der Waals surface area contributed by atoms with E-state index in [-0.39, 0.29) is 11.2 Å². The van der Waals surface area contributed by atoms with Crippen LogP contribution in [0, 0.1) is 0 Å². The maximum absolute atomic E-state index is 12.8. The lowest BCUT2D eigenvalue weighted by atomic mass is 10.2. The first-order valence-corrected chi connectivity index (χ1v) is 14.4. The number of hydrogen-bond acceptors (Lipinski definition) is 6. The Kier molecular flexibility index (Phi) is 13.3. The van der Waals surface area contributed by atoms with Crippen LogP contribution in [-0.2, 0) is 13.1 Å². The Morgan fingerprint density at radius 2 is 1.15 bits per heavy atom. The van der Waals surface area contributed by atoms with Crippen molar-refractivity contribution in [2.24, 2.45) is 0 Å². The van der Waals surface area contributed by atoms with Gasteiger partial charge in [-0.3, -0.25) is 9.36 Å². The summed E-state index contributed by atoms with van der Waals surface area (Å²) in [6.07, 6.45) is 8.68. The van der Waals surface area contributed by atoms with Gasteiger partial charge in [0.2, 0.25) is 0 Å². The summed E-state index contributed by atoms with van der Waals surface area (Å²) in [5, 5.41) is 1.04. The van der Waals surface area contributed by atoms with E-state index in [0.717, 1.165) is 51.4 Å². The van der Waals surface area contributed by atoms with Gasteiger partial charge in [0.25, 0.3) is 5.56 Å². The zero-order valence-electron chi connectivity index (χ0n) is 23.2. The lowest BCUT2D eigenvalue weighted by Crippen LogP contribution is -2.39. The van der Waals surface area contributed by atoms with Crippen molar-refractivity contribution in [3.05, 3.63) is 79.5 Å². The van der Waals surface area contributed by atoms with E-state index in [0.29, 0.717) is 59.3 Å². The molecule has 0 N–H and O–H groups in total. The molecule has 40 heavy (non-hydrogen) atoms. The second-order valence-electron chi connectivity index (χ2n) is 9.40. The smallest absolute Gasteiger partial charge is 0.330 e. The fraction of sp³-hybridized carbons (Fsp3) is 0.467. The molecular weight excluding hydrogens is 555 g/mol. The number of methoxy groups -OCH3 is 2. The first-order valence-electron chi connectivity index (χ1n) is 13.7. The fourth-order valence-electron chi connectivity index (χ4n) is 4.21. The third-order valence-electron chi connectivity index (χ3n) is 6.50. The SMILES string of the molecule is COc1ccc(OCCCCCCn2ccc(=O)n(CCCCCCOc3ccc(OC)cc3Cl)c2=O)c(Cl)c1. The minimum Gasteiger partial charge on any atom is -0.497 e. The van der Waals surface area contributed by atoms with Gasteiger partial charge in [0.1, 0.15) is 23.0 Å². The maximum Gasteiger partial charge on any atom is 0.330 e. The molecule has 218 valence electrons. The molecule has 3 aromatic rings. The van der Waals surface area contributed by atoms with E-state index in [2.05, 4.69) is 0 Å². The fourth-order valence-corrected chi connectivity index (χ4v) is 4.66. The van der Waals surface area contributed by atoms with E-state index >= 15 is 0 Å². The van der Waals surface area contributed by atoms with Crippen LogP contribution in [0.25, 0.3) is 0 Å². The predicted molar refractivity (Wildman–Crippen MR) is 159 cm³/mol. The maximum atomic E-state index is 12.8. The van der Waals surface area contributed by atoms with E-state index in [9.17, 15) is 9.59 Å². The highest BCUT2D eigenvalue weighted by Gasteiger charge is 2.07. The summed E-state index contributed by atoms with van der Waals surface area (Å²) < 4.78 is 24.7. The van der Waals surface area contributed by atoms with Gasteiger partial charge in [0.05, 0.1) is 37.5 Å². The number of nitrogens with zero attached hydrogens (tertiary/aromatic N) is 2. The molecule has 0 amide bonds. The van der Waals surface area contributed by atoms with Crippen molar-refractivity contribution in [3.63, 3.8) is 0 Å². The number of ether oxygens (including phenoxy) is 4. The highest BCUT2D eigenvalue weighted by Crippen LogP contribution is 2.29. The summed E-state index contributed by atoms with van der Waals surface area (Å²) in [4.78, 5) is 25.1. The topological polar surface area (TPSA) is 80.9 Å². The molecule has 0 unspecified atom stereocenters. The first kappa shape index (κ1) is 31.4. The van der Waals surface area contributed by atoms with E-state index in [1.807, 2.05) is 12.1 Å². The van der Waals surface area contributed by atoms with Crippen molar-refractivity contribution in [1.82, 2.24) is 9.13 Å². The molecule has 3 rings (SSSR count). The standard InChI is InChI=1S/C30H38Cl2N2O6/c1-37-23-11-13-27(25(31)21-23)39-19-9-5-3-7-16-33-18-15-29(35)34(30(33)36)17-8-4-6-10-20-40-28-14-12-24(38-2)22-26(28)32/h11-15,18,21-22H,3-10,16-17,19-20H2,1-2H3. The molecule has 0 aliphatic heterocycles. The van der Waals surface area contributed by atoms with Crippen LogP contribution < -0.4 is 30.2 Å². The number of benzene rings is 2. The number of hydrogen-bond donors (Lipinski definition) is 0. The Morgan fingerprint density at radius 3 is 1.65 bits per heavy atom. The van der Waals surface area contributed by atoms with Crippen molar-refractivity contribution < 1.29 is 18.9 Å². The molecule has 0 aliphatic carbocycles. The van der Waals surface area contributed by atoms with Crippen molar-refractivity contribution in [3.8, 4) is 23.0 Å². The number of unbranched alkanes of at least 4 members (excludes halogenated alkanes) is 6. The Balaban J connectivity index is 1.31. The Labute approximate surface area is 245 Å². The van der Waals surface area contributed by atoms with Crippen LogP contribution in [0.15, 0.2) is 58.3 Å². The summed E-state index contributed by atoms with van der Waals surface area (Å²) in [6.45, 7) is 2.11. The summed E-state index contributed by atoms with van der Waals surface area (Å²) in [5.41, 5.74) is -0.504. The molecule has 1 heterocycles. The first-order chi connectivity index (χ1) is 19.4. The highest BCUT2D eigenvalue weighted by atomic mass is 35.5. The van der Waals surface area contributed by atoms with E-state index in [1.54, 1.807) is 49.2 Å². The number of aryl methyl sites for hydroxylation is 1. The predicted octanol–water partition coefficient (Wildman–Crippen LogP) is 6.61. The van der Waals surface area contributed by atoms with E-state index in [4.69, 9.17) is 42.1 Å². The van der Waals surface area contributed by atoms with Crippen molar-refractivity contribution in [1.29, 1.82) is 0 Å². The quantitative estimate of drug-likeness (QED) is 0.154. The van der Waals surface area contributed by atoms with Crippen LogP contribution in [0.3, 0.4) is 0 Å². The minimum atomic E-state index is -0.256. The van der Waals surface area contributed by atoms with E-state index < -0.39 is 0 Å². The van der Waals surface area contributed by atoms with Crippen LogP contribution in [0.1, 0.15) is 51.4 Å². The third kappa shape index (κ3) is 9.82. The van der Waals surface area contributed by atoms with Crippen LogP contribution in [0.2, 0.25) is 10.0 Å². The average molecular weight is 594 g/mol. The van der Waals surface area contributed by atoms with Gasteiger partial charge in [-0.2, -0.15) is 0 Å². The molecule has 0 spiro atoms. The Bertz CT molecular complexity index is 1320. The van der Waals surface area contributed by atoms with Gasteiger partial charge < -0.3 is 23.5 Å². The molecule has 0 radical (unpaired) electrons. The zero-order chi connectivity index (χ0) is 28.7. The number of halogens is 2. The van der Waals surface area contributed by atoms with Gasteiger partial charge in [-0.15, -0.1) is 0 Å². The van der Waals surface area contributed by atoms with Gasteiger partial charge in [0, 0.05) is 37.5 Å². The van der Waals surface area contributed by atoms with Crippen LogP contribution in [-0.4, -0.2) is 36.6 Å². The van der Waals surface area contributed by atoms with E-state index in [1.165, 1.54) is 10.6 Å². The normalized spacial score (nSPS) is 10.9. The minimum absolute atomic E-state index is 0.248. The monoisotopic (exact) mass is 592 g/mol. The largest absolute Gasteiger partial charge is 0.497 e. The average Bonchev–Trinajstić information content (AvgIpc) is 2.95. The van der Waals surface area contributed by atoms with Crippen LogP contribution >= 0.6 is 23.2 Å². The molecule has 0 atom stereocenters. The van der Waals surface area contributed by atoms with Crippen molar-refractivity contribution >= 4 is 23.2 Å². The second-order valence-corrected chi connectivity index (χ2v) is 10.2. The van der Waals surface area contributed by atoms with Crippen LogP contribution in [0.4, 0.5) is 0 Å². The molecule has 0 aliphatic rings. The molecule has 8 nitrogen and oxygen atoms in total. The molecule has 0 fully saturated rings. The van der Waals surface area contributed by atoms with Gasteiger partial charge in [-0.1, -0.05) is 48.9 Å². The number of rotatable bonds is 18. The third-order valence-corrected chi connectivity index (χ3v) is 7.09. The molecule has 0 saturated heterocycles. The molecule has 0 saturated carbocycles. The highest BCUT2D eigenvalue weighted by molar-refractivity contribution is 6.32. The lowest BCUT2D eigenvalue weighted by molar-refractivity contribution is 0.303. The molecule has 2 aromatic carbocycles. The van der Waals surface area contributed by atoms with Crippen LogP contribution in [0.5, 0.6) is 23.0 Å². The molecule has 0 bridgehead atoms. The Morgan fingerprint density at radius 1 is 0.650 bits per heavy atom. The zero-order valence-corrected chi connectivity index (χ0v) is 24.7. The summed E-state index contributed by atoms with van der Waals surface area (Å²) in [5.74, 6) is 2.65. The summed E-state index contributed by atoms with van der Waals surface area (Å²) in [7, 11) is 3.18. The van der Waals surface area contributed by atoms with Crippen molar-refractivity contribution in [2.75, 3.05) is 27.4 Å². The van der Waals surface area contributed by atoms with Gasteiger partial charge in [-0.05, 0) is 49.9 Å². The molecule has 1 aromatic heterocycles. The Hall–Kier alpha value is -3.10. The van der Waals surface area contributed by atoms with Gasteiger partial charge in [0.15, 0.2) is 0 Å². The van der Waals surface area contributed by atoms with Gasteiger partial charge >= 0.3 is 5.69 Å². The number of aromatic nitrogens is 2. The molecule has 10 heteroatoms. The second kappa shape index (κ2) is 16.9. The van der Waals surface area contributed by atoms with Gasteiger partial charge in [-0.25, -0.2) is 4.79 Å². The van der Waals surface area contributed by atoms with Crippen molar-refractivity contribution in [2.45, 2.75) is 64.5 Å². The molecular formula is C30H38Cl2N2O6. The summed E-state index contributed by atoms with van der Waals surface area (Å²) >= 11 is 12.4. The summed E-state index contributed by atoms with van der Waals surface area (Å²) in [6, 6.07) is 12.1.